The molecule has 0 aromatic rings. The Labute approximate surface area is 106 Å². The van der Waals surface area contributed by atoms with Crippen LogP contribution in [-0.2, 0) is 9.59 Å². The Kier molecular flexibility index (Phi) is 7.50. The summed E-state index contributed by atoms with van der Waals surface area (Å²) in [5.74, 6) is -0.858. The maximum atomic E-state index is 11.3. The maximum Gasteiger partial charge on any atom is 0.322 e. The zero-order valence-corrected chi connectivity index (χ0v) is 10.9. The number of nitrogens with one attached hydrogen (secondary N) is 3. The molecule has 4 N–H and O–H groups in total. The number of hydrogen-bond acceptors (Lipinski definition) is 3. The molecule has 1 unspecified atom stereocenters. The van der Waals surface area contributed by atoms with Crippen LogP contribution >= 0.6 is 0 Å². The molecule has 0 fully saturated rings. The Morgan fingerprint density at radius 1 is 1.00 bits per heavy atom. The van der Waals surface area contributed by atoms with Gasteiger partial charge in [0.15, 0.2) is 0 Å². The van der Waals surface area contributed by atoms with Crippen molar-refractivity contribution >= 4 is 17.9 Å². The van der Waals surface area contributed by atoms with Crippen LogP contribution in [0.1, 0.15) is 20.8 Å². The van der Waals surface area contributed by atoms with Gasteiger partial charge in [0.05, 0.1) is 6.54 Å². The average molecular weight is 259 g/mol. The number of urea groups is 1. The fourth-order valence-corrected chi connectivity index (χ4v) is 0.949. The van der Waals surface area contributed by atoms with Gasteiger partial charge >= 0.3 is 12.0 Å². The second-order valence-corrected chi connectivity index (χ2v) is 4.46. The SMILES string of the molecule is CC(C)C(C)CNC(=O)NCC(=O)NCC(=O)O. The summed E-state index contributed by atoms with van der Waals surface area (Å²) in [6.45, 7) is 5.97. The van der Waals surface area contributed by atoms with Crippen LogP contribution in [-0.4, -0.2) is 42.6 Å². The topological polar surface area (TPSA) is 108 Å². The van der Waals surface area contributed by atoms with E-state index < -0.39 is 24.5 Å². The number of rotatable bonds is 7. The molecule has 7 heteroatoms. The standard InChI is InChI=1S/C11H21N3O4/c1-7(2)8(3)4-13-11(18)14-5-9(15)12-6-10(16)17/h7-8H,4-6H2,1-3H3,(H,12,15)(H,16,17)(H2,13,14,18). The van der Waals surface area contributed by atoms with Crippen molar-refractivity contribution in [1.82, 2.24) is 16.0 Å². The number of carboxylic acid groups (broad SMARTS) is 1. The first-order valence-corrected chi connectivity index (χ1v) is 5.83. The van der Waals surface area contributed by atoms with E-state index in [0.717, 1.165) is 0 Å². The van der Waals surface area contributed by atoms with Crippen molar-refractivity contribution in [2.75, 3.05) is 19.6 Å². The van der Waals surface area contributed by atoms with E-state index in [1.807, 2.05) is 6.92 Å². The molecule has 0 spiro atoms. The minimum absolute atomic E-state index is 0.241. The molecule has 0 bridgehead atoms. The molecule has 1 atom stereocenters. The highest BCUT2D eigenvalue weighted by Crippen LogP contribution is 2.07. The molecule has 0 aliphatic heterocycles. The van der Waals surface area contributed by atoms with Crippen molar-refractivity contribution in [2.45, 2.75) is 20.8 Å². The van der Waals surface area contributed by atoms with Gasteiger partial charge in [0.25, 0.3) is 0 Å². The first kappa shape index (κ1) is 16.2. The molecule has 18 heavy (non-hydrogen) atoms. The monoisotopic (exact) mass is 259 g/mol. The van der Waals surface area contributed by atoms with Crippen LogP contribution in [0.2, 0.25) is 0 Å². The highest BCUT2D eigenvalue weighted by Gasteiger charge is 2.10. The van der Waals surface area contributed by atoms with Gasteiger partial charge in [-0.25, -0.2) is 4.79 Å². The molecule has 0 heterocycles. The summed E-state index contributed by atoms with van der Waals surface area (Å²) in [5, 5.41) is 15.4. The number of carboxylic acids is 1. The van der Waals surface area contributed by atoms with Gasteiger partial charge in [-0.2, -0.15) is 0 Å². The van der Waals surface area contributed by atoms with Crippen molar-refractivity contribution in [1.29, 1.82) is 0 Å². The zero-order valence-electron chi connectivity index (χ0n) is 10.9. The third-order valence-electron chi connectivity index (χ3n) is 2.57. The lowest BCUT2D eigenvalue weighted by atomic mass is 9.98. The Bertz CT molecular complexity index is 305. The van der Waals surface area contributed by atoms with Crippen LogP contribution in [0.4, 0.5) is 4.79 Å². The summed E-state index contributed by atoms with van der Waals surface area (Å²) >= 11 is 0. The first-order chi connectivity index (χ1) is 8.32. The fraction of sp³-hybridized carbons (Fsp3) is 0.727. The molecule has 0 aliphatic carbocycles. The Balaban J connectivity index is 3.70. The molecule has 0 radical (unpaired) electrons. The average Bonchev–Trinajstić information content (AvgIpc) is 2.30. The third kappa shape index (κ3) is 8.37. The summed E-state index contributed by atoms with van der Waals surface area (Å²) in [4.78, 5) is 32.5. The molecule has 0 saturated heterocycles. The summed E-state index contributed by atoms with van der Waals surface area (Å²) in [5.41, 5.74) is 0. The molecule has 3 amide bonds. The van der Waals surface area contributed by atoms with Crippen LogP contribution in [0.15, 0.2) is 0 Å². The van der Waals surface area contributed by atoms with Crippen LogP contribution in [0.3, 0.4) is 0 Å². The minimum Gasteiger partial charge on any atom is -0.480 e. The molecular weight excluding hydrogens is 238 g/mol. The van der Waals surface area contributed by atoms with Gasteiger partial charge in [0.2, 0.25) is 5.91 Å². The second-order valence-electron chi connectivity index (χ2n) is 4.46. The van der Waals surface area contributed by atoms with Crippen LogP contribution in [0, 0.1) is 11.8 Å². The van der Waals surface area contributed by atoms with E-state index in [4.69, 9.17) is 5.11 Å². The van der Waals surface area contributed by atoms with E-state index in [-0.39, 0.29) is 6.54 Å². The summed E-state index contributed by atoms with van der Waals surface area (Å²) in [6.07, 6.45) is 0. The quantitative estimate of drug-likeness (QED) is 0.507. The fourth-order valence-electron chi connectivity index (χ4n) is 0.949. The van der Waals surface area contributed by atoms with Crippen molar-refractivity contribution in [3.8, 4) is 0 Å². The highest BCUT2D eigenvalue weighted by atomic mass is 16.4. The molecule has 0 aromatic heterocycles. The van der Waals surface area contributed by atoms with E-state index in [2.05, 4.69) is 29.8 Å². The highest BCUT2D eigenvalue weighted by molar-refractivity contribution is 5.86. The first-order valence-electron chi connectivity index (χ1n) is 5.83. The number of carbonyl (C=O) groups is 3. The van der Waals surface area contributed by atoms with Gasteiger partial charge in [0, 0.05) is 6.54 Å². The molecule has 0 aromatic carbocycles. The number of aliphatic carboxylic acids is 1. The summed E-state index contributed by atoms with van der Waals surface area (Å²) < 4.78 is 0. The summed E-state index contributed by atoms with van der Waals surface area (Å²) in [7, 11) is 0. The van der Waals surface area contributed by atoms with Gasteiger partial charge in [-0.05, 0) is 11.8 Å². The lowest BCUT2D eigenvalue weighted by Gasteiger charge is -2.16. The van der Waals surface area contributed by atoms with Crippen LogP contribution in [0.5, 0.6) is 0 Å². The zero-order chi connectivity index (χ0) is 14.1. The lowest BCUT2D eigenvalue weighted by molar-refractivity contribution is -0.137. The van der Waals surface area contributed by atoms with Gasteiger partial charge in [-0.15, -0.1) is 0 Å². The largest absolute Gasteiger partial charge is 0.480 e. The van der Waals surface area contributed by atoms with Gasteiger partial charge in [-0.1, -0.05) is 20.8 Å². The Morgan fingerprint density at radius 2 is 1.61 bits per heavy atom. The number of carbonyl (C=O) groups excluding carboxylic acids is 2. The predicted octanol–water partition coefficient (Wildman–Crippen LogP) is -0.221. The van der Waals surface area contributed by atoms with Crippen molar-refractivity contribution in [3.63, 3.8) is 0 Å². The maximum absolute atomic E-state index is 11.3. The van der Waals surface area contributed by atoms with Gasteiger partial charge in [-0.3, -0.25) is 9.59 Å². The van der Waals surface area contributed by atoms with Gasteiger partial charge in [0.1, 0.15) is 6.54 Å². The lowest BCUT2D eigenvalue weighted by Crippen LogP contribution is -2.44. The van der Waals surface area contributed by atoms with Gasteiger partial charge < -0.3 is 21.1 Å². The third-order valence-corrected chi connectivity index (χ3v) is 2.57. The van der Waals surface area contributed by atoms with Crippen molar-refractivity contribution in [2.24, 2.45) is 11.8 Å². The normalized spacial score (nSPS) is 11.8. The van der Waals surface area contributed by atoms with E-state index in [0.29, 0.717) is 18.4 Å². The van der Waals surface area contributed by atoms with Crippen LogP contribution < -0.4 is 16.0 Å². The molecule has 0 saturated carbocycles. The smallest absolute Gasteiger partial charge is 0.322 e. The molecule has 0 rings (SSSR count). The summed E-state index contributed by atoms with van der Waals surface area (Å²) in [6, 6.07) is -0.437. The molecule has 7 nitrogen and oxygen atoms in total. The Hall–Kier alpha value is -1.79. The number of hydrogen-bond donors (Lipinski definition) is 4. The Morgan fingerprint density at radius 3 is 2.11 bits per heavy atom. The van der Waals surface area contributed by atoms with Crippen LogP contribution in [0.25, 0.3) is 0 Å². The number of amides is 3. The molecule has 104 valence electrons. The minimum atomic E-state index is -1.13. The van der Waals surface area contributed by atoms with E-state index >= 15 is 0 Å². The van der Waals surface area contributed by atoms with E-state index in [9.17, 15) is 14.4 Å². The van der Waals surface area contributed by atoms with Crippen molar-refractivity contribution < 1.29 is 19.5 Å². The van der Waals surface area contributed by atoms with E-state index in [1.54, 1.807) is 0 Å². The molecule has 0 aliphatic rings. The predicted molar refractivity (Wildman–Crippen MR) is 66.0 cm³/mol. The molecular formula is C11H21N3O4. The van der Waals surface area contributed by atoms with E-state index in [1.165, 1.54) is 0 Å². The second kappa shape index (κ2) is 8.32. The van der Waals surface area contributed by atoms with Crippen molar-refractivity contribution in [3.05, 3.63) is 0 Å².